The van der Waals surface area contributed by atoms with Gasteiger partial charge in [-0.3, -0.25) is 14.4 Å². The molecule has 0 aromatic heterocycles. The van der Waals surface area contributed by atoms with Crippen molar-refractivity contribution in [3.63, 3.8) is 0 Å². The lowest BCUT2D eigenvalue weighted by Gasteiger charge is -2.38. The van der Waals surface area contributed by atoms with Gasteiger partial charge in [0.25, 0.3) is 0 Å². The fraction of sp³-hybridized carbons (Fsp3) is 0.633. The Bertz CT molecular complexity index is 1130. The average molecular weight is 556 g/mol. The molecule has 8 unspecified atom stereocenters. The van der Waals surface area contributed by atoms with Gasteiger partial charge < -0.3 is 25.0 Å². The van der Waals surface area contributed by atoms with Crippen LogP contribution in [-0.4, -0.2) is 72.4 Å². The summed E-state index contributed by atoms with van der Waals surface area (Å²) in [6.07, 6.45) is 8.94. The molecule has 1 aliphatic carbocycles. The van der Waals surface area contributed by atoms with Gasteiger partial charge in [-0.1, -0.05) is 44.9 Å². The molecule has 4 aliphatic rings. The Morgan fingerprint density at radius 3 is 2.82 bits per heavy atom. The molecule has 1 aromatic carbocycles. The Hall–Kier alpha value is -2.36. The summed E-state index contributed by atoms with van der Waals surface area (Å²) < 4.78 is 12.0. The maximum Gasteiger partial charge on any atom is 0.246 e. The van der Waals surface area contributed by atoms with Crippen LogP contribution in [0.5, 0.6) is 0 Å². The summed E-state index contributed by atoms with van der Waals surface area (Å²) in [6.45, 7) is 7.83. The number of ether oxygens (including phenoxy) is 2. The third kappa shape index (κ3) is 5.13. The quantitative estimate of drug-likeness (QED) is 0.259. The summed E-state index contributed by atoms with van der Waals surface area (Å²) in [5.41, 5.74) is -0.467. The number of benzene rings is 1. The highest BCUT2D eigenvalue weighted by Crippen LogP contribution is 2.55. The number of anilines is 1. The minimum atomic E-state index is -1.15. The fourth-order valence-electron chi connectivity index (χ4n) is 6.96. The van der Waals surface area contributed by atoms with Gasteiger partial charge in [-0.05, 0) is 56.1 Å². The summed E-state index contributed by atoms with van der Waals surface area (Å²) in [5.74, 6) is -1.21. The molecule has 8 nitrogen and oxygen atoms in total. The molecule has 3 amide bonds. The van der Waals surface area contributed by atoms with Gasteiger partial charge in [-0.2, -0.15) is 0 Å². The van der Waals surface area contributed by atoms with Crippen molar-refractivity contribution >= 4 is 35.2 Å². The van der Waals surface area contributed by atoms with Crippen molar-refractivity contribution in [3.05, 3.63) is 36.4 Å². The van der Waals surface area contributed by atoms with Crippen LogP contribution in [0, 0.1) is 23.7 Å². The standard InChI is InChI=1S/C30H41N3O5S/c1-5-37-16-8-15-33-26(28(35)32-22-12-6-9-18(2)19(22)3)30-14-13-23(38-30)24(25(30)29(33)36)27(34)31-20-10-7-11-21(17-20)39-4/h7,10-11,13-14,17-19,22-26H,5-6,8-9,12,15-16H2,1-4H3,(H,31,34)(H,32,35). The summed E-state index contributed by atoms with van der Waals surface area (Å²) >= 11 is 1.60. The minimum Gasteiger partial charge on any atom is -0.382 e. The third-order valence-corrected chi connectivity index (χ3v) is 9.91. The first-order valence-corrected chi connectivity index (χ1v) is 15.5. The van der Waals surface area contributed by atoms with Gasteiger partial charge in [-0.15, -0.1) is 11.8 Å². The normalized spacial score (nSPS) is 34.8. The van der Waals surface area contributed by atoms with Crippen LogP contribution in [0.15, 0.2) is 41.3 Å². The zero-order valence-corrected chi connectivity index (χ0v) is 24.2. The van der Waals surface area contributed by atoms with Crippen LogP contribution in [0.3, 0.4) is 0 Å². The topological polar surface area (TPSA) is 97.0 Å². The van der Waals surface area contributed by atoms with Crippen LogP contribution in [0.4, 0.5) is 5.69 Å². The molecule has 212 valence electrons. The number of fused-ring (bicyclic) bond motifs is 1. The van der Waals surface area contributed by atoms with E-state index in [4.69, 9.17) is 9.47 Å². The fourth-order valence-corrected chi connectivity index (χ4v) is 7.42. The number of hydrogen-bond donors (Lipinski definition) is 2. The van der Waals surface area contributed by atoms with E-state index in [2.05, 4.69) is 24.5 Å². The van der Waals surface area contributed by atoms with Crippen LogP contribution in [0.25, 0.3) is 0 Å². The van der Waals surface area contributed by atoms with Crippen molar-refractivity contribution in [2.45, 2.75) is 75.1 Å². The highest BCUT2D eigenvalue weighted by molar-refractivity contribution is 7.98. The van der Waals surface area contributed by atoms with E-state index < -0.39 is 29.6 Å². The first-order chi connectivity index (χ1) is 18.8. The van der Waals surface area contributed by atoms with Crippen LogP contribution in [0.2, 0.25) is 0 Å². The molecule has 1 spiro atoms. The molecule has 1 aromatic rings. The van der Waals surface area contributed by atoms with E-state index >= 15 is 0 Å². The molecule has 5 rings (SSSR count). The largest absolute Gasteiger partial charge is 0.382 e. The van der Waals surface area contributed by atoms with Crippen molar-refractivity contribution < 1.29 is 23.9 Å². The smallest absolute Gasteiger partial charge is 0.246 e. The second-order valence-corrected chi connectivity index (χ2v) is 12.3. The average Bonchev–Trinajstić information content (AvgIpc) is 3.56. The van der Waals surface area contributed by atoms with Gasteiger partial charge in [-0.25, -0.2) is 0 Å². The number of amides is 3. The van der Waals surface area contributed by atoms with Crippen LogP contribution in [0.1, 0.15) is 46.5 Å². The Labute approximate surface area is 235 Å². The van der Waals surface area contributed by atoms with Gasteiger partial charge in [0.1, 0.15) is 11.6 Å². The maximum atomic E-state index is 14.0. The number of nitrogens with one attached hydrogen (secondary N) is 2. The van der Waals surface area contributed by atoms with Gasteiger partial charge in [0.05, 0.1) is 17.9 Å². The van der Waals surface area contributed by atoms with Gasteiger partial charge in [0.15, 0.2) is 0 Å². The zero-order chi connectivity index (χ0) is 27.7. The molecule has 3 fully saturated rings. The highest BCUT2D eigenvalue weighted by atomic mass is 32.2. The Morgan fingerprint density at radius 1 is 1.23 bits per heavy atom. The minimum absolute atomic E-state index is 0.0578. The molecule has 1 saturated carbocycles. The predicted octanol–water partition coefficient (Wildman–Crippen LogP) is 3.87. The molecule has 3 aliphatic heterocycles. The highest BCUT2D eigenvalue weighted by Gasteiger charge is 2.72. The van der Waals surface area contributed by atoms with Gasteiger partial charge in [0, 0.05) is 36.4 Å². The third-order valence-electron chi connectivity index (χ3n) is 9.19. The van der Waals surface area contributed by atoms with E-state index in [1.165, 1.54) is 0 Å². The number of nitrogens with zero attached hydrogens (tertiary/aromatic N) is 1. The number of carbonyl (C=O) groups is 3. The second-order valence-electron chi connectivity index (χ2n) is 11.4. The molecular formula is C30H41N3O5S. The SMILES string of the molecule is CCOCCCN1C(=O)C2C(C(=O)Nc3cccc(SC)c3)C3C=CC2(O3)C1C(=O)NC1CCCC(C)C1C. The zero-order valence-electron chi connectivity index (χ0n) is 23.4. The number of rotatable bonds is 10. The maximum absolute atomic E-state index is 14.0. The van der Waals surface area contributed by atoms with E-state index in [1.807, 2.05) is 49.6 Å². The van der Waals surface area contributed by atoms with Crippen LogP contribution in [-0.2, 0) is 23.9 Å². The molecule has 2 saturated heterocycles. The Balaban J connectivity index is 1.41. The molecule has 3 heterocycles. The summed E-state index contributed by atoms with van der Waals surface area (Å²) in [7, 11) is 0. The molecule has 0 radical (unpaired) electrons. The lowest BCUT2D eigenvalue weighted by molar-refractivity contribution is -0.141. The van der Waals surface area contributed by atoms with Gasteiger partial charge >= 0.3 is 0 Å². The summed E-state index contributed by atoms with van der Waals surface area (Å²) in [6, 6.07) is 6.88. The van der Waals surface area contributed by atoms with Gasteiger partial charge in [0.2, 0.25) is 17.7 Å². The van der Waals surface area contributed by atoms with Crippen molar-refractivity contribution in [1.29, 1.82) is 0 Å². The van der Waals surface area contributed by atoms with Crippen LogP contribution >= 0.6 is 11.8 Å². The molecule has 2 bridgehead atoms. The molecular weight excluding hydrogens is 514 g/mol. The van der Waals surface area contributed by atoms with Crippen molar-refractivity contribution in [3.8, 4) is 0 Å². The first-order valence-electron chi connectivity index (χ1n) is 14.3. The molecule has 8 atom stereocenters. The first kappa shape index (κ1) is 28.2. The number of hydrogen-bond acceptors (Lipinski definition) is 6. The molecule has 9 heteroatoms. The van der Waals surface area contributed by atoms with E-state index in [9.17, 15) is 14.4 Å². The van der Waals surface area contributed by atoms with Crippen molar-refractivity contribution in [2.24, 2.45) is 23.7 Å². The molecule has 39 heavy (non-hydrogen) atoms. The lowest BCUT2D eigenvalue weighted by Crippen LogP contribution is -2.58. The van der Waals surface area contributed by atoms with E-state index in [0.717, 1.165) is 24.2 Å². The summed E-state index contributed by atoms with van der Waals surface area (Å²) in [5, 5.41) is 6.31. The second kappa shape index (κ2) is 11.6. The summed E-state index contributed by atoms with van der Waals surface area (Å²) in [4.78, 5) is 44.4. The number of likely N-dealkylation sites (tertiary alicyclic amines) is 1. The van der Waals surface area contributed by atoms with E-state index in [1.54, 1.807) is 16.7 Å². The number of carbonyl (C=O) groups excluding carboxylic acids is 3. The van der Waals surface area contributed by atoms with E-state index in [0.29, 0.717) is 43.7 Å². The Kier molecular flexibility index (Phi) is 8.40. The lowest BCUT2D eigenvalue weighted by atomic mass is 9.73. The van der Waals surface area contributed by atoms with Crippen LogP contribution < -0.4 is 10.6 Å². The Morgan fingerprint density at radius 2 is 2.05 bits per heavy atom. The van der Waals surface area contributed by atoms with E-state index in [-0.39, 0.29) is 23.8 Å². The predicted molar refractivity (Wildman–Crippen MR) is 151 cm³/mol. The number of thioether (sulfide) groups is 1. The van der Waals surface area contributed by atoms with Crippen molar-refractivity contribution in [1.82, 2.24) is 10.2 Å². The van der Waals surface area contributed by atoms with Crippen molar-refractivity contribution in [2.75, 3.05) is 31.3 Å². The molecule has 2 N–H and O–H groups in total. The monoisotopic (exact) mass is 555 g/mol.